The highest BCUT2D eigenvalue weighted by Gasteiger charge is 2.19. The number of para-hydroxylation sites is 1. The van der Waals surface area contributed by atoms with Crippen LogP contribution in [0.15, 0.2) is 52.4 Å². The van der Waals surface area contributed by atoms with Crippen LogP contribution >= 0.6 is 11.3 Å². The summed E-state index contributed by atoms with van der Waals surface area (Å²) < 4.78 is 25.6. The van der Waals surface area contributed by atoms with Crippen molar-refractivity contribution in [2.24, 2.45) is 10.1 Å². The van der Waals surface area contributed by atoms with E-state index < -0.39 is 20.9 Å². The number of sulfonamides is 1. The van der Waals surface area contributed by atoms with Gasteiger partial charge in [0.1, 0.15) is 5.56 Å². The molecule has 1 aromatic heterocycles. The third kappa shape index (κ3) is 3.86. The standard InChI is InChI=1S/C17H16N4O5S2/c1-2-9-20-14-8-7-11(28(18,25)26)10-15(14)27-17(20)19-16(22)12-5-3-4-6-13(12)21(23)24/h3-8,10H,2,9H2,1H3,(H2,18,25,26). The highest BCUT2D eigenvalue weighted by Crippen LogP contribution is 2.22. The van der Waals surface area contributed by atoms with E-state index in [1.165, 1.54) is 36.4 Å². The third-order valence-electron chi connectivity index (χ3n) is 3.96. The summed E-state index contributed by atoms with van der Waals surface area (Å²) in [5, 5.41) is 16.3. The lowest BCUT2D eigenvalue weighted by Crippen LogP contribution is -2.17. The Morgan fingerprint density at radius 3 is 2.64 bits per heavy atom. The molecule has 146 valence electrons. The summed E-state index contributed by atoms with van der Waals surface area (Å²) in [6, 6.07) is 10.0. The number of carbonyl (C=O) groups excluding carboxylic acids is 1. The highest BCUT2D eigenvalue weighted by molar-refractivity contribution is 7.89. The third-order valence-corrected chi connectivity index (χ3v) is 5.91. The fourth-order valence-electron chi connectivity index (χ4n) is 2.72. The lowest BCUT2D eigenvalue weighted by Gasteiger charge is -2.03. The molecule has 28 heavy (non-hydrogen) atoms. The molecule has 0 aliphatic carbocycles. The number of hydrogen-bond donors (Lipinski definition) is 1. The summed E-state index contributed by atoms with van der Waals surface area (Å²) in [5.41, 5.74) is 0.266. The number of fused-ring (bicyclic) bond motifs is 1. The zero-order valence-corrected chi connectivity index (χ0v) is 16.4. The first-order valence-electron chi connectivity index (χ1n) is 8.21. The molecule has 3 aromatic rings. The SMILES string of the molecule is CCCn1c(=NC(=O)c2ccccc2[N+](=O)[O-])sc2cc(S(N)(=O)=O)ccc21. The van der Waals surface area contributed by atoms with Crippen molar-refractivity contribution in [3.05, 3.63) is 62.9 Å². The smallest absolute Gasteiger partial charge is 0.286 e. The Kier molecular flexibility index (Phi) is 5.40. The minimum absolute atomic E-state index is 0.0403. The molecule has 0 bridgehead atoms. The van der Waals surface area contributed by atoms with Gasteiger partial charge in [-0.05, 0) is 30.7 Å². The van der Waals surface area contributed by atoms with Gasteiger partial charge in [0, 0.05) is 12.6 Å². The summed E-state index contributed by atoms with van der Waals surface area (Å²) in [7, 11) is -3.87. The molecule has 0 aliphatic heterocycles. The summed E-state index contributed by atoms with van der Waals surface area (Å²) in [5.74, 6) is -0.740. The number of hydrogen-bond acceptors (Lipinski definition) is 6. The number of nitrogens with zero attached hydrogens (tertiary/aromatic N) is 3. The van der Waals surface area contributed by atoms with Gasteiger partial charge in [0.15, 0.2) is 4.80 Å². The van der Waals surface area contributed by atoms with Crippen LogP contribution in [0, 0.1) is 10.1 Å². The van der Waals surface area contributed by atoms with Crippen LogP contribution in [0.25, 0.3) is 10.2 Å². The van der Waals surface area contributed by atoms with Crippen LogP contribution < -0.4 is 9.94 Å². The van der Waals surface area contributed by atoms with Crippen molar-refractivity contribution in [3.63, 3.8) is 0 Å². The number of carbonyl (C=O) groups is 1. The van der Waals surface area contributed by atoms with Crippen LogP contribution in [0.5, 0.6) is 0 Å². The molecule has 0 saturated carbocycles. The molecule has 2 N–H and O–H groups in total. The van der Waals surface area contributed by atoms with E-state index in [4.69, 9.17) is 5.14 Å². The van der Waals surface area contributed by atoms with Gasteiger partial charge in [-0.1, -0.05) is 30.4 Å². The van der Waals surface area contributed by atoms with Crippen LogP contribution in [0.4, 0.5) is 5.69 Å². The molecule has 0 aliphatic rings. The molecule has 1 amide bonds. The second-order valence-electron chi connectivity index (χ2n) is 5.90. The molecule has 0 fully saturated rings. The zero-order chi connectivity index (χ0) is 20.5. The van der Waals surface area contributed by atoms with E-state index in [0.717, 1.165) is 17.8 Å². The van der Waals surface area contributed by atoms with Gasteiger partial charge in [-0.2, -0.15) is 4.99 Å². The molecule has 0 atom stereocenters. The first-order chi connectivity index (χ1) is 13.2. The van der Waals surface area contributed by atoms with Gasteiger partial charge in [0.2, 0.25) is 10.0 Å². The fraction of sp³-hybridized carbons (Fsp3) is 0.176. The number of nitro groups is 1. The van der Waals surface area contributed by atoms with Crippen molar-refractivity contribution < 1.29 is 18.1 Å². The van der Waals surface area contributed by atoms with Gasteiger partial charge in [0.05, 0.1) is 20.0 Å². The summed E-state index contributed by atoms with van der Waals surface area (Å²) in [6.07, 6.45) is 0.746. The summed E-state index contributed by atoms with van der Waals surface area (Å²) >= 11 is 1.12. The fourth-order valence-corrected chi connectivity index (χ4v) is 4.42. The van der Waals surface area contributed by atoms with Gasteiger partial charge < -0.3 is 4.57 Å². The molecule has 2 aromatic carbocycles. The Bertz CT molecular complexity index is 1260. The number of amides is 1. The van der Waals surface area contributed by atoms with Crippen LogP contribution in [0.1, 0.15) is 23.7 Å². The van der Waals surface area contributed by atoms with E-state index in [1.807, 2.05) is 6.92 Å². The molecule has 3 rings (SSSR count). The average molecular weight is 420 g/mol. The predicted molar refractivity (Wildman–Crippen MR) is 104 cm³/mol. The van der Waals surface area contributed by atoms with Crippen molar-refractivity contribution in [1.29, 1.82) is 0 Å². The second-order valence-corrected chi connectivity index (χ2v) is 8.47. The molecule has 11 heteroatoms. The van der Waals surface area contributed by atoms with Gasteiger partial charge in [-0.3, -0.25) is 14.9 Å². The molecular formula is C17H16N4O5S2. The van der Waals surface area contributed by atoms with E-state index in [-0.39, 0.29) is 16.1 Å². The van der Waals surface area contributed by atoms with E-state index in [1.54, 1.807) is 10.6 Å². The Morgan fingerprint density at radius 2 is 2.00 bits per heavy atom. The maximum atomic E-state index is 12.6. The van der Waals surface area contributed by atoms with Crippen molar-refractivity contribution in [2.75, 3.05) is 0 Å². The zero-order valence-electron chi connectivity index (χ0n) is 14.7. The summed E-state index contributed by atoms with van der Waals surface area (Å²) in [6.45, 7) is 2.49. The van der Waals surface area contributed by atoms with Gasteiger partial charge in [-0.15, -0.1) is 0 Å². The number of nitro benzene ring substituents is 1. The normalized spacial score (nSPS) is 12.4. The lowest BCUT2D eigenvalue weighted by atomic mass is 10.2. The van der Waals surface area contributed by atoms with E-state index in [2.05, 4.69) is 4.99 Å². The van der Waals surface area contributed by atoms with Crippen molar-refractivity contribution in [2.45, 2.75) is 24.8 Å². The van der Waals surface area contributed by atoms with Crippen LogP contribution in [-0.4, -0.2) is 23.8 Å². The Morgan fingerprint density at radius 1 is 1.29 bits per heavy atom. The topological polar surface area (TPSA) is 138 Å². The number of rotatable bonds is 5. The summed E-state index contributed by atoms with van der Waals surface area (Å²) in [4.78, 5) is 27.5. The van der Waals surface area contributed by atoms with E-state index in [9.17, 15) is 23.3 Å². The number of benzene rings is 2. The predicted octanol–water partition coefficient (Wildman–Crippen LogP) is 2.41. The lowest BCUT2D eigenvalue weighted by molar-refractivity contribution is -0.385. The highest BCUT2D eigenvalue weighted by atomic mass is 32.2. The van der Waals surface area contributed by atoms with Crippen LogP contribution in [0.3, 0.4) is 0 Å². The van der Waals surface area contributed by atoms with Crippen molar-refractivity contribution >= 4 is 43.2 Å². The minimum Gasteiger partial charge on any atom is -0.316 e. The minimum atomic E-state index is -3.87. The molecule has 0 saturated heterocycles. The van der Waals surface area contributed by atoms with Gasteiger partial charge in [-0.25, -0.2) is 13.6 Å². The number of aromatic nitrogens is 1. The molecule has 0 unspecified atom stereocenters. The largest absolute Gasteiger partial charge is 0.316 e. The van der Waals surface area contributed by atoms with E-state index >= 15 is 0 Å². The Hall–Kier alpha value is -2.89. The van der Waals surface area contributed by atoms with Crippen molar-refractivity contribution in [3.8, 4) is 0 Å². The molecular weight excluding hydrogens is 404 g/mol. The number of thiazole rings is 1. The average Bonchev–Trinajstić information content (AvgIpc) is 2.97. The molecule has 0 spiro atoms. The number of nitrogens with two attached hydrogens (primary N) is 1. The number of aryl methyl sites for hydroxylation is 1. The first-order valence-corrected chi connectivity index (χ1v) is 10.6. The molecule has 1 heterocycles. The molecule has 0 radical (unpaired) electrons. The quantitative estimate of drug-likeness (QED) is 0.499. The van der Waals surface area contributed by atoms with Gasteiger partial charge >= 0.3 is 0 Å². The Balaban J connectivity index is 2.20. The maximum absolute atomic E-state index is 12.6. The maximum Gasteiger partial charge on any atom is 0.286 e. The number of primary sulfonamides is 1. The monoisotopic (exact) mass is 420 g/mol. The Labute approximate surface area is 164 Å². The van der Waals surface area contributed by atoms with Gasteiger partial charge in [0.25, 0.3) is 11.6 Å². The van der Waals surface area contributed by atoms with Crippen molar-refractivity contribution in [1.82, 2.24) is 4.57 Å². The van der Waals surface area contributed by atoms with E-state index in [0.29, 0.717) is 21.6 Å². The molecule has 9 nitrogen and oxygen atoms in total. The van der Waals surface area contributed by atoms with Crippen LogP contribution in [0.2, 0.25) is 0 Å². The van der Waals surface area contributed by atoms with Crippen LogP contribution in [-0.2, 0) is 16.6 Å². The second kappa shape index (κ2) is 7.62. The first kappa shape index (κ1) is 19.9.